The topological polar surface area (TPSA) is 44.8 Å². The maximum Gasteiger partial charge on any atom is 0.377 e. The van der Waals surface area contributed by atoms with Gasteiger partial charge in [0.15, 0.2) is 0 Å². The zero-order valence-electron chi connectivity index (χ0n) is 16.1. The average Bonchev–Trinajstić information content (AvgIpc) is 2.64. The predicted octanol–water partition coefficient (Wildman–Crippen LogP) is 4.43. The van der Waals surface area contributed by atoms with Crippen molar-refractivity contribution < 1.29 is 19.0 Å². The Balaban J connectivity index is 3.16. The number of carbonyl (C=O) groups excluding carboxylic acids is 1. The van der Waals surface area contributed by atoms with E-state index in [1.165, 1.54) is 20.5 Å². The highest BCUT2D eigenvalue weighted by Crippen LogP contribution is 2.23. The van der Waals surface area contributed by atoms with Crippen molar-refractivity contribution in [3.63, 3.8) is 0 Å². The van der Waals surface area contributed by atoms with Gasteiger partial charge < -0.3 is 14.2 Å². The van der Waals surface area contributed by atoms with Gasteiger partial charge in [-0.1, -0.05) is 32.8 Å². The summed E-state index contributed by atoms with van der Waals surface area (Å²) in [4.78, 5) is 11.8. The molecule has 0 aromatic heterocycles. The molecule has 0 radical (unpaired) electrons. The highest BCUT2D eigenvalue weighted by molar-refractivity contribution is 6.87. The molecular formula is C20H28O4Si. The lowest BCUT2D eigenvalue weighted by atomic mass is 10.1. The maximum absolute atomic E-state index is 11.8. The number of rotatable bonds is 7. The summed E-state index contributed by atoms with van der Waals surface area (Å²) in [6.07, 6.45) is 1.23. The standard InChI is InChI=1S/C20H28O4Si/c1-7-25(8-2,9-3)13-12-17-11-10-16(4)18(14-17)24-19(15-22-5)20(21)23-6/h10-11,14-15H,7-9H2,1-6H3/b19-15-. The van der Waals surface area contributed by atoms with Crippen molar-refractivity contribution in [1.29, 1.82) is 0 Å². The molecule has 0 N–H and O–H groups in total. The highest BCUT2D eigenvalue weighted by atomic mass is 28.3. The summed E-state index contributed by atoms with van der Waals surface area (Å²) in [5, 5.41) is 0. The first kappa shape index (κ1) is 20.9. The first-order valence-electron chi connectivity index (χ1n) is 8.58. The molecule has 136 valence electrons. The second-order valence-corrected chi connectivity index (χ2v) is 10.8. The van der Waals surface area contributed by atoms with Gasteiger partial charge in [-0.2, -0.15) is 0 Å². The Hall–Kier alpha value is -2.19. The van der Waals surface area contributed by atoms with Gasteiger partial charge in [0, 0.05) is 5.56 Å². The second kappa shape index (κ2) is 9.95. The van der Waals surface area contributed by atoms with Crippen molar-refractivity contribution in [3.8, 4) is 17.2 Å². The van der Waals surface area contributed by atoms with Crippen LogP contribution in [0.4, 0.5) is 0 Å². The summed E-state index contributed by atoms with van der Waals surface area (Å²) >= 11 is 0. The molecule has 0 spiro atoms. The molecule has 1 aromatic carbocycles. The third kappa shape index (κ3) is 5.68. The van der Waals surface area contributed by atoms with Crippen molar-refractivity contribution in [2.24, 2.45) is 0 Å². The predicted molar refractivity (Wildman–Crippen MR) is 103 cm³/mol. The molecule has 4 nitrogen and oxygen atoms in total. The number of aryl methyl sites for hydroxylation is 1. The van der Waals surface area contributed by atoms with Gasteiger partial charge in [0.2, 0.25) is 5.76 Å². The minimum Gasteiger partial charge on any atom is -0.500 e. The van der Waals surface area contributed by atoms with Gasteiger partial charge in [0.25, 0.3) is 0 Å². The molecule has 0 aliphatic heterocycles. The largest absolute Gasteiger partial charge is 0.500 e. The number of methoxy groups -OCH3 is 2. The van der Waals surface area contributed by atoms with Gasteiger partial charge in [-0.15, -0.1) is 5.54 Å². The van der Waals surface area contributed by atoms with E-state index in [1.807, 2.05) is 25.1 Å². The quantitative estimate of drug-likeness (QED) is 0.237. The normalized spacial score (nSPS) is 11.4. The number of ether oxygens (including phenoxy) is 3. The van der Waals surface area contributed by atoms with E-state index in [0.717, 1.165) is 29.3 Å². The maximum atomic E-state index is 11.8. The minimum absolute atomic E-state index is 0.00222. The molecule has 0 bridgehead atoms. The van der Waals surface area contributed by atoms with E-state index in [-0.39, 0.29) is 5.76 Å². The lowest BCUT2D eigenvalue weighted by molar-refractivity contribution is -0.138. The second-order valence-electron chi connectivity index (χ2n) is 5.88. The third-order valence-electron chi connectivity index (χ3n) is 4.52. The number of hydrogen-bond acceptors (Lipinski definition) is 4. The number of carbonyl (C=O) groups is 1. The van der Waals surface area contributed by atoms with Crippen LogP contribution in [0.5, 0.6) is 5.75 Å². The van der Waals surface area contributed by atoms with Gasteiger partial charge in [0.1, 0.15) is 20.1 Å². The number of hydrogen-bond donors (Lipinski definition) is 0. The molecule has 0 unspecified atom stereocenters. The van der Waals surface area contributed by atoms with Crippen LogP contribution in [0.25, 0.3) is 0 Å². The van der Waals surface area contributed by atoms with Gasteiger partial charge in [0.05, 0.1) is 14.2 Å². The zero-order valence-corrected chi connectivity index (χ0v) is 17.1. The van der Waals surface area contributed by atoms with E-state index in [9.17, 15) is 4.79 Å². The number of esters is 1. The molecule has 1 rings (SSSR count). The van der Waals surface area contributed by atoms with Crippen LogP contribution in [-0.4, -0.2) is 28.3 Å². The van der Waals surface area contributed by atoms with Crippen molar-refractivity contribution in [2.45, 2.75) is 45.8 Å². The van der Waals surface area contributed by atoms with E-state index in [0.29, 0.717) is 5.75 Å². The first-order valence-corrected chi connectivity index (χ1v) is 11.2. The van der Waals surface area contributed by atoms with Crippen LogP contribution >= 0.6 is 0 Å². The third-order valence-corrected chi connectivity index (χ3v) is 9.24. The van der Waals surface area contributed by atoms with Gasteiger partial charge in [-0.05, 0) is 42.8 Å². The van der Waals surface area contributed by atoms with E-state index in [2.05, 4.69) is 32.2 Å². The zero-order chi connectivity index (χ0) is 18.9. The molecule has 0 saturated heterocycles. The highest BCUT2D eigenvalue weighted by Gasteiger charge is 2.24. The van der Waals surface area contributed by atoms with E-state index < -0.39 is 14.0 Å². The van der Waals surface area contributed by atoms with E-state index in [1.54, 1.807) is 0 Å². The molecule has 5 heteroatoms. The van der Waals surface area contributed by atoms with Crippen molar-refractivity contribution in [3.05, 3.63) is 41.3 Å². The van der Waals surface area contributed by atoms with Crippen LogP contribution in [0.2, 0.25) is 18.1 Å². The Morgan fingerprint density at radius 1 is 1.16 bits per heavy atom. The lowest BCUT2D eigenvalue weighted by Gasteiger charge is -2.20. The summed E-state index contributed by atoms with van der Waals surface area (Å²) in [5.41, 5.74) is 5.35. The summed E-state index contributed by atoms with van der Waals surface area (Å²) in [6, 6.07) is 9.25. The molecule has 0 amide bonds. The fraction of sp³-hybridized carbons (Fsp3) is 0.450. The van der Waals surface area contributed by atoms with E-state index in [4.69, 9.17) is 14.2 Å². The summed E-state index contributed by atoms with van der Waals surface area (Å²) < 4.78 is 15.3. The SMILES string of the molecule is CC[Si](C#Cc1ccc(C)c(O/C(=C\OC)C(=O)OC)c1)(CC)CC. The Kier molecular flexibility index (Phi) is 8.30. The smallest absolute Gasteiger partial charge is 0.377 e. The van der Waals surface area contributed by atoms with Crippen LogP contribution in [0.15, 0.2) is 30.2 Å². The average molecular weight is 361 g/mol. The van der Waals surface area contributed by atoms with Gasteiger partial charge in [-0.3, -0.25) is 0 Å². The Morgan fingerprint density at radius 2 is 1.80 bits per heavy atom. The first-order chi connectivity index (χ1) is 11.9. The molecule has 0 aliphatic carbocycles. The Bertz CT molecular complexity index is 670. The monoisotopic (exact) mass is 360 g/mol. The van der Waals surface area contributed by atoms with Crippen LogP contribution < -0.4 is 4.74 Å². The van der Waals surface area contributed by atoms with E-state index >= 15 is 0 Å². The van der Waals surface area contributed by atoms with Crippen LogP contribution in [0.3, 0.4) is 0 Å². The molecule has 1 aromatic rings. The van der Waals surface area contributed by atoms with Crippen LogP contribution in [-0.2, 0) is 14.3 Å². The van der Waals surface area contributed by atoms with Crippen molar-refractivity contribution >= 4 is 14.0 Å². The summed E-state index contributed by atoms with van der Waals surface area (Å²) in [6.45, 7) is 8.61. The fourth-order valence-electron chi connectivity index (χ4n) is 2.45. The molecule has 0 aliphatic rings. The molecule has 0 atom stereocenters. The van der Waals surface area contributed by atoms with Crippen LogP contribution in [0, 0.1) is 18.4 Å². The van der Waals surface area contributed by atoms with Crippen LogP contribution in [0.1, 0.15) is 31.9 Å². The lowest BCUT2D eigenvalue weighted by Crippen LogP contribution is -2.29. The van der Waals surface area contributed by atoms with Gasteiger partial charge >= 0.3 is 5.97 Å². The summed E-state index contributed by atoms with van der Waals surface area (Å²) in [5.74, 6) is 3.29. The summed E-state index contributed by atoms with van der Waals surface area (Å²) in [7, 11) is 1.24. The van der Waals surface area contributed by atoms with Gasteiger partial charge in [-0.25, -0.2) is 4.79 Å². The molecule has 25 heavy (non-hydrogen) atoms. The fourth-order valence-corrected chi connectivity index (χ4v) is 4.89. The van der Waals surface area contributed by atoms with Crippen molar-refractivity contribution in [2.75, 3.05) is 14.2 Å². The molecule has 0 saturated carbocycles. The number of benzene rings is 1. The minimum atomic E-state index is -1.51. The Labute approximate surface area is 152 Å². The Morgan fingerprint density at radius 3 is 2.32 bits per heavy atom. The molecule has 0 heterocycles. The van der Waals surface area contributed by atoms with Crippen molar-refractivity contribution in [1.82, 2.24) is 0 Å². The molecular weight excluding hydrogens is 332 g/mol. The molecule has 0 fully saturated rings.